The summed E-state index contributed by atoms with van der Waals surface area (Å²) in [5.41, 5.74) is 6.81. The quantitative estimate of drug-likeness (QED) is 0.0929. The molecule has 3 saturated heterocycles. The Bertz CT molecular complexity index is 1420. The first-order chi connectivity index (χ1) is 24.3. The largest absolute Gasteiger partial charge is 0.493 e. The van der Waals surface area contributed by atoms with Gasteiger partial charge in [0.25, 0.3) is 0 Å². The van der Waals surface area contributed by atoms with Crippen molar-refractivity contribution in [3.05, 3.63) is 12.1 Å². The maximum Gasteiger partial charge on any atom is 0.249 e. The van der Waals surface area contributed by atoms with Crippen LogP contribution in [-0.4, -0.2) is 178 Å². The topological polar surface area (TPSA) is 301 Å². The third-order valence-corrected chi connectivity index (χ3v) is 8.73. The van der Waals surface area contributed by atoms with Crippen molar-refractivity contribution in [2.45, 2.75) is 86.8 Å². The highest BCUT2D eigenvalue weighted by atomic mass is 16.7. The Hall–Kier alpha value is -3.25. The van der Waals surface area contributed by atoms with Gasteiger partial charge in [-0.3, -0.25) is 4.79 Å². The monoisotopic (exact) mass is 731 g/mol. The van der Waals surface area contributed by atoms with Crippen molar-refractivity contribution in [2.75, 3.05) is 64.8 Å². The number of rotatable bonds is 12. The van der Waals surface area contributed by atoms with Crippen LogP contribution >= 0.6 is 0 Å². The molecule has 0 spiro atoms. The molecule has 4 heterocycles. The number of fused-ring (bicyclic) bond motifs is 1. The van der Waals surface area contributed by atoms with E-state index in [0.717, 1.165) is 19.3 Å². The summed E-state index contributed by atoms with van der Waals surface area (Å²) in [7, 11) is 5.04. The number of nitrogens with zero attached hydrogens (tertiary/aromatic N) is 3. The molecule has 0 radical (unpaired) electrons. The van der Waals surface area contributed by atoms with Gasteiger partial charge >= 0.3 is 0 Å². The minimum absolute atomic E-state index is 0.0348. The average Bonchev–Trinajstić information content (AvgIpc) is 3.68. The first kappa shape index (κ1) is 40.5. The number of aliphatic hydroxyl groups is 8. The molecule has 3 aliphatic rings. The summed E-state index contributed by atoms with van der Waals surface area (Å²) in [4.78, 5) is 22.8. The van der Waals surface area contributed by atoms with Crippen LogP contribution in [0.2, 0.25) is 0 Å². The van der Waals surface area contributed by atoms with Crippen molar-refractivity contribution < 1.29 is 74.1 Å². The van der Waals surface area contributed by atoms with Crippen molar-refractivity contribution in [1.82, 2.24) is 15.3 Å². The summed E-state index contributed by atoms with van der Waals surface area (Å²) in [5.74, 6) is 2.02. The Balaban J connectivity index is 0.000000233. The molecule has 5 rings (SSSR count). The zero-order valence-corrected chi connectivity index (χ0v) is 28.5. The van der Waals surface area contributed by atoms with Gasteiger partial charge < -0.3 is 85.2 Å². The fourth-order valence-corrected chi connectivity index (χ4v) is 5.73. The smallest absolute Gasteiger partial charge is 0.249 e. The van der Waals surface area contributed by atoms with Gasteiger partial charge in [0.2, 0.25) is 11.9 Å². The van der Waals surface area contributed by atoms with E-state index in [-0.39, 0.29) is 12.0 Å². The summed E-state index contributed by atoms with van der Waals surface area (Å²) in [5, 5.41) is 80.1. The van der Waals surface area contributed by atoms with Crippen molar-refractivity contribution in [3.8, 4) is 11.5 Å². The van der Waals surface area contributed by atoms with E-state index in [0.29, 0.717) is 53.9 Å². The number of hydrogen-bond donors (Lipinski definition) is 10. The standard InChI is InChI=1S/C19H27N5O4.C12H22O11/c1-24(8-5-7-21-18(25)14-6-4-9-28-14)19-22-13-11-16(27-3)15(26-2)10-12(13)17(20)23-19;13-1-3-5(15)6(16)9(19)12(22-3)23-10-4(2-14)21-11(20)8(18)7(10)17/h10-11,14H,4-9H2,1-3H3,(H,21,25)(H2,20,22,23);3-20H,1-2H2/t;3-,4-,5+,6+,7-,8-,9-,10-,11-,12+/m.1/s1. The van der Waals surface area contributed by atoms with Crippen LogP contribution in [0.4, 0.5) is 11.8 Å². The predicted octanol–water partition coefficient (Wildman–Crippen LogP) is -4.05. The van der Waals surface area contributed by atoms with Gasteiger partial charge in [-0.1, -0.05) is 0 Å². The molecule has 11 N–H and O–H groups in total. The molecule has 1 amide bonds. The van der Waals surface area contributed by atoms with E-state index in [1.807, 2.05) is 11.9 Å². The molecule has 0 bridgehead atoms. The molecule has 20 nitrogen and oxygen atoms in total. The molecule has 51 heavy (non-hydrogen) atoms. The molecule has 288 valence electrons. The number of methoxy groups -OCH3 is 2. The number of nitrogens with one attached hydrogen (secondary N) is 1. The number of benzene rings is 1. The van der Waals surface area contributed by atoms with E-state index < -0.39 is 74.6 Å². The van der Waals surface area contributed by atoms with E-state index in [2.05, 4.69) is 15.3 Å². The predicted molar refractivity (Wildman–Crippen MR) is 176 cm³/mol. The number of ether oxygens (including phenoxy) is 6. The lowest BCUT2D eigenvalue weighted by Gasteiger charge is -2.45. The Kier molecular flexibility index (Phi) is 14.7. The van der Waals surface area contributed by atoms with Crippen LogP contribution in [0.5, 0.6) is 11.5 Å². The van der Waals surface area contributed by atoms with Crippen molar-refractivity contribution in [2.24, 2.45) is 0 Å². The molecular formula is C31H49N5O15. The molecule has 3 aliphatic heterocycles. The number of amides is 1. The lowest BCUT2D eigenvalue weighted by Crippen LogP contribution is -2.64. The number of aromatic nitrogens is 2. The SMILES string of the molecule is COc1cc2nc(N(C)CCCNC(=O)C3CCCO3)nc(N)c2cc1OC.OC[C@H]1O[C@@H](O[C@H]2[C@H](O)[C@@H](O)[C@H](O)O[C@@H]2CO)[C@H](O)[C@@H](O)[C@H]1O. The van der Waals surface area contributed by atoms with Crippen molar-refractivity contribution >= 4 is 28.6 Å². The average molecular weight is 732 g/mol. The second kappa shape index (κ2) is 18.5. The Morgan fingerprint density at radius 1 is 0.941 bits per heavy atom. The zero-order chi connectivity index (χ0) is 37.4. The van der Waals surface area contributed by atoms with E-state index in [4.69, 9.17) is 39.3 Å². The van der Waals surface area contributed by atoms with Crippen LogP contribution in [0, 0.1) is 0 Å². The normalized spacial score (nSPS) is 32.2. The first-order valence-electron chi connectivity index (χ1n) is 16.4. The summed E-state index contributed by atoms with van der Waals surface area (Å²) in [6, 6.07) is 3.55. The molecular weight excluding hydrogens is 682 g/mol. The van der Waals surface area contributed by atoms with Crippen LogP contribution in [0.25, 0.3) is 10.9 Å². The number of carbonyl (C=O) groups excluding carboxylic acids is 1. The maximum atomic E-state index is 12.0. The highest BCUT2D eigenvalue weighted by molar-refractivity contribution is 5.91. The van der Waals surface area contributed by atoms with Crippen molar-refractivity contribution in [1.29, 1.82) is 0 Å². The van der Waals surface area contributed by atoms with Gasteiger partial charge in [-0.2, -0.15) is 4.98 Å². The number of anilines is 2. The van der Waals surface area contributed by atoms with E-state index in [9.17, 15) is 40.5 Å². The van der Waals surface area contributed by atoms with Gasteiger partial charge in [-0.15, -0.1) is 0 Å². The highest BCUT2D eigenvalue weighted by Gasteiger charge is 2.50. The lowest BCUT2D eigenvalue weighted by atomic mass is 9.97. The Labute approximate surface area is 293 Å². The minimum Gasteiger partial charge on any atom is -0.493 e. The molecule has 11 atom stereocenters. The molecule has 20 heteroatoms. The molecule has 2 aromatic rings. The maximum absolute atomic E-state index is 12.0. The minimum atomic E-state index is -1.74. The highest BCUT2D eigenvalue weighted by Crippen LogP contribution is 2.34. The van der Waals surface area contributed by atoms with Gasteiger partial charge in [-0.05, 0) is 25.3 Å². The number of nitrogens with two attached hydrogens (primary N) is 1. The summed E-state index contributed by atoms with van der Waals surface area (Å²) < 4.78 is 31.3. The number of hydrogen-bond acceptors (Lipinski definition) is 19. The number of aliphatic hydroxyl groups excluding tert-OH is 8. The third kappa shape index (κ3) is 9.60. The number of carbonyl (C=O) groups is 1. The molecule has 1 aromatic carbocycles. The summed E-state index contributed by atoms with van der Waals surface area (Å²) in [6.45, 7) is 0.557. The molecule has 0 aliphatic carbocycles. The summed E-state index contributed by atoms with van der Waals surface area (Å²) in [6.07, 6.45) is -13.4. The van der Waals surface area contributed by atoms with E-state index in [1.165, 1.54) is 0 Å². The summed E-state index contributed by atoms with van der Waals surface area (Å²) >= 11 is 0. The second-order valence-corrected chi connectivity index (χ2v) is 12.2. The number of nitrogen functional groups attached to an aromatic ring is 1. The molecule has 1 aromatic heterocycles. The van der Waals surface area contributed by atoms with Gasteiger partial charge in [0.15, 0.2) is 24.1 Å². The van der Waals surface area contributed by atoms with Crippen LogP contribution < -0.4 is 25.4 Å². The van der Waals surface area contributed by atoms with Gasteiger partial charge in [0.05, 0.1) is 33.0 Å². The van der Waals surface area contributed by atoms with Crippen LogP contribution in [-0.2, 0) is 23.7 Å². The van der Waals surface area contributed by atoms with Crippen LogP contribution in [0.1, 0.15) is 19.3 Å². The van der Waals surface area contributed by atoms with Crippen LogP contribution in [0.3, 0.4) is 0 Å². The Morgan fingerprint density at radius 3 is 2.25 bits per heavy atom. The zero-order valence-electron chi connectivity index (χ0n) is 28.5. The first-order valence-corrected chi connectivity index (χ1v) is 16.4. The second-order valence-electron chi connectivity index (χ2n) is 12.2. The third-order valence-electron chi connectivity index (χ3n) is 8.73. The molecule has 1 unspecified atom stereocenters. The molecule has 3 fully saturated rings. The lowest BCUT2D eigenvalue weighted by molar-refractivity contribution is -0.355. The van der Waals surface area contributed by atoms with Crippen molar-refractivity contribution in [3.63, 3.8) is 0 Å². The van der Waals surface area contributed by atoms with E-state index in [1.54, 1.807) is 26.4 Å². The van der Waals surface area contributed by atoms with E-state index >= 15 is 0 Å². The van der Waals surface area contributed by atoms with Gasteiger partial charge in [-0.25, -0.2) is 4.98 Å². The fourth-order valence-electron chi connectivity index (χ4n) is 5.73. The fraction of sp³-hybridized carbons (Fsp3) is 0.710. The van der Waals surface area contributed by atoms with Crippen LogP contribution in [0.15, 0.2) is 12.1 Å². The van der Waals surface area contributed by atoms with Gasteiger partial charge in [0.1, 0.15) is 60.8 Å². The Morgan fingerprint density at radius 2 is 1.63 bits per heavy atom. The van der Waals surface area contributed by atoms with Gasteiger partial charge in [0, 0.05) is 38.2 Å². The molecule has 0 saturated carbocycles.